The number of halogens is 3. The van der Waals surface area contributed by atoms with Crippen LogP contribution in [0, 0.1) is 17.0 Å². The number of hydrogen-bond donors (Lipinski definition) is 0. The number of ether oxygens (including phenoxy) is 1. The first-order valence-corrected chi connectivity index (χ1v) is 6.32. The fourth-order valence-electron chi connectivity index (χ4n) is 1.36. The van der Waals surface area contributed by atoms with Crippen LogP contribution >= 0.6 is 34.8 Å². The zero-order valence-electron chi connectivity index (χ0n) is 9.93. The molecule has 2 aromatic rings. The second-order valence-electron chi connectivity index (χ2n) is 3.72. The van der Waals surface area contributed by atoms with Crippen molar-refractivity contribution in [2.24, 2.45) is 0 Å². The lowest BCUT2D eigenvalue weighted by Gasteiger charge is -2.08. The molecule has 0 amide bonds. The van der Waals surface area contributed by atoms with Crippen molar-refractivity contribution in [2.75, 3.05) is 0 Å². The van der Waals surface area contributed by atoms with E-state index in [1.807, 2.05) is 0 Å². The summed E-state index contributed by atoms with van der Waals surface area (Å²) in [6, 6.07) is 2.36. The van der Waals surface area contributed by atoms with E-state index < -0.39 is 4.92 Å². The molecule has 0 aliphatic rings. The van der Waals surface area contributed by atoms with Crippen LogP contribution in [0.25, 0.3) is 0 Å². The number of rotatable bonds is 3. The molecule has 6 nitrogen and oxygen atoms in total. The molecule has 0 saturated carbocycles. The van der Waals surface area contributed by atoms with E-state index in [0.717, 1.165) is 6.07 Å². The molecule has 1 aromatic carbocycles. The lowest BCUT2D eigenvalue weighted by Crippen LogP contribution is -1.97. The van der Waals surface area contributed by atoms with Gasteiger partial charge in [-0.15, -0.1) is 0 Å². The third-order valence-electron chi connectivity index (χ3n) is 2.30. The molecule has 20 heavy (non-hydrogen) atoms. The van der Waals surface area contributed by atoms with Gasteiger partial charge in [-0.05, 0) is 18.5 Å². The van der Waals surface area contributed by atoms with Crippen LogP contribution < -0.4 is 4.74 Å². The van der Waals surface area contributed by atoms with E-state index in [0.29, 0.717) is 5.56 Å². The maximum atomic E-state index is 11.0. The number of nitro benzene ring substituents is 1. The molecule has 2 rings (SSSR count). The van der Waals surface area contributed by atoms with Gasteiger partial charge in [-0.3, -0.25) is 10.1 Å². The molecule has 0 bridgehead atoms. The van der Waals surface area contributed by atoms with Gasteiger partial charge in [0.05, 0.1) is 15.0 Å². The molecule has 0 N–H and O–H groups in total. The summed E-state index contributed by atoms with van der Waals surface area (Å²) in [6.45, 7) is 1.68. The van der Waals surface area contributed by atoms with Gasteiger partial charge in [-0.25, -0.2) is 4.98 Å². The second kappa shape index (κ2) is 5.78. The summed E-state index contributed by atoms with van der Waals surface area (Å²) >= 11 is 17.2. The van der Waals surface area contributed by atoms with Gasteiger partial charge in [0, 0.05) is 23.9 Å². The molecule has 104 valence electrons. The van der Waals surface area contributed by atoms with Gasteiger partial charge >= 0.3 is 5.69 Å². The van der Waals surface area contributed by atoms with Crippen molar-refractivity contribution in [1.29, 1.82) is 0 Å². The Balaban J connectivity index is 2.50. The minimum Gasteiger partial charge on any atom is -0.431 e. The largest absolute Gasteiger partial charge is 0.431 e. The highest BCUT2D eigenvalue weighted by atomic mass is 35.5. The zero-order valence-corrected chi connectivity index (χ0v) is 12.2. The number of nitrogens with zero attached hydrogens (tertiary/aromatic N) is 3. The molecule has 1 aromatic heterocycles. The van der Waals surface area contributed by atoms with Gasteiger partial charge in [0.1, 0.15) is 0 Å². The van der Waals surface area contributed by atoms with Gasteiger partial charge in [-0.1, -0.05) is 23.2 Å². The van der Waals surface area contributed by atoms with Crippen molar-refractivity contribution in [3.63, 3.8) is 0 Å². The van der Waals surface area contributed by atoms with Crippen LogP contribution in [0.3, 0.4) is 0 Å². The van der Waals surface area contributed by atoms with E-state index in [4.69, 9.17) is 39.5 Å². The van der Waals surface area contributed by atoms with Crippen molar-refractivity contribution in [1.82, 2.24) is 9.97 Å². The van der Waals surface area contributed by atoms with E-state index in [2.05, 4.69) is 9.97 Å². The quantitative estimate of drug-likeness (QED) is 0.471. The maximum absolute atomic E-state index is 11.0. The molecule has 0 unspecified atom stereocenters. The fraction of sp³-hybridized carbons (Fsp3) is 0.0909. The van der Waals surface area contributed by atoms with E-state index >= 15 is 0 Å². The first-order valence-electron chi connectivity index (χ1n) is 5.19. The Morgan fingerprint density at radius 2 is 1.90 bits per heavy atom. The van der Waals surface area contributed by atoms with Gasteiger partial charge in [0.2, 0.25) is 16.9 Å². The van der Waals surface area contributed by atoms with Crippen LogP contribution in [-0.2, 0) is 0 Å². The standard InChI is InChI=1S/C11H6Cl3N3O3/c1-5-4-15-11(14)16-10(5)20-9-3-7(13)6(12)2-8(9)17(18)19/h2-4H,1H3. The van der Waals surface area contributed by atoms with Crippen LogP contribution in [0.1, 0.15) is 5.56 Å². The van der Waals surface area contributed by atoms with Crippen molar-refractivity contribution in [3.8, 4) is 11.6 Å². The summed E-state index contributed by atoms with van der Waals surface area (Å²) in [7, 11) is 0. The number of hydrogen-bond acceptors (Lipinski definition) is 5. The van der Waals surface area contributed by atoms with Crippen LogP contribution in [0.5, 0.6) is 11.6 Å². The van der Waals surface area contributed by atoms with Crippen molar-refractivity contribution >= 4 is 40.5 Å². The third kappa shape index (κ3) is 3.09. The number of aromatic nitrogens is 2. The van der Waals surface area contributed by atoms with E-state index in [-0.39, 0.29) is 32.6 Å². The summed E-state index contributed by atoms with van der Waals surface area (Å²) in [5.41, 5.74) is 0.239. The van der Waals surface area contributed by atoms with Crippen LogP contribution in [0.15, 0.2) is 18.3 Å². The van der Waals surface area contributed by atoms with E-state index in [1.54, 1.807) is 6.92 Å². The SMILES string of the molecule is Cc1cnc(Cl)nc1Oc1cc(Cl)c(Cl)cc1[N+](=O)[O-]. The summed E-state index contributed by atoms with van der Waals surface area (Å²) in [4.78, 5) is 18.0. The van der Waals surface area contributed by atoms with Gasteiger partial charge in [0.15, 0.2) is 0 Å². The summed E-state index contributed by atoms with van der Waals surface area (Å²) in [5, 5.41) is 11.1. The number of aryl methyl sites for hydroxylation is 1. The van der Waals surface area contributed by atoms with Crippen molar-refractivity contribution < 1.29 is 9.66 Å². The Hall–Kier alpha value is -1.63. The lowest BCUT2D eigenvalue weighted by molar-refractivity contribution is -0.385. The summed E-state index contributed by atoms with van der Waals surface area (Å²) in [5.74, 6) is 0.0220. The maximum Gasteiger partial charge on any atom is 0.313 e. The molecule has 0 fully saturated rings. The highest BCUT2D eigenvalue weighted by molar-refractivity contribution is 6.42. The molecule has 0 spiro atoms. The van der Waals surface area contributed by atoms with Crippen LogP contribution in [-0.4, -0.2) is 14.9 Å². The normalized spacial score (nSPS) is 10.4. The fourth-order valence-corrected chi connectivity index (χ4v) is 1.79. The Bertz CT molecular complexity index is 694. The van der Waals surface area contributed by atoms with Gasteiger partial charge in [0.25, 0.3) is 0 Å². The Morgan fingerprint density at radius 1 is 1.25 bits per heavy atom. The average Bonchev–Trinajstić information content (AvgIpc) is 2.37. The number of benzene rings is 1. The molecule has 1 heterocycles. The van der Waals surface area contributed by atoms with Crippen LogP contribution in [0.4, 0.5) is 5.69 Å². The third-order valence-corrected chi connectivity index (χ3v) is 3.21. The minimum absolute atomic E-state index is 0.0340. The molecule has 0 aliphatic carbocycles. The topological polar surface area (TPSA) is 78.2 Å². The minimum atomic E-state index is -0.629. The van der Waals surface area contributed by atoms with Crippen molar-refractivity contribution in [3.05, 3.63) is 49.3 Å². The molecule has 0 aliphatic heterocycles. The smallest absolute Gasteiger partial charge is 0.313 e. The van der Waals surface area contributed by atoms with Gasteiger partial charge in [-0.2, -0.15) is 4.98 Å². The zero-order chi connectivity index (χ0) is 14.9. The van der Waals surface area contributed by atoms with Gasteiger partial charge < -0.3 is 4.74 Å². The Labute approximate surface area is 128 Å². The highest BCUT2D eigenvalue weighted by Gasteiger charge is 2.20. The molecule has 0 radical (unpaired) electrons. The Morgan fingerprint density at radius 3 is 2.55 bits per heavy atom. The van der Waals surface area contributed by atoms with E-state index in [1.165, 1.54) is 12.3 Å². The average molecular weight is 335 g/mol. The lowest BCUT2D eigenvalue weighted by atomic mass is 10.3. The molecule has 9 heteroatoms. The molecular weight excluding hydrogens is 328 g/mol. The predicted molar refractivity (Wildman–Crippen MR) is 75.0 cm³/mol. The Kier molecular flexibility index (Phi) is 4.27. The molecular formula is C11H6Cl3N3O3. The predicted octanol–water partition coefficient (Wildman–Crippen LogP) is 4.45. The molecule has 0 saturated heterocycles. The summed E-state index contributed by atoms with van der Waals surface area (Å²) < 4.78 is 5.40. The highest BCUT2D eigenvalue weighted by Crippen LogP contribution is 2.38. The molecule has 0 atom stereocenters. The van der Waals surface area contributed by atoms with E-state index in [9.17, 15) is 10.1 Å². The summed E-state index contributed by atoms with van der Waals surface area (Å²) in [6.07, 6.45) is 1.44. The first-order chi connectivity index (χ1) is 9.38. The second-order valence-corrected chi connectivity index (χ2v) is 4.87. The first kappa shape index (κ1) is 14.8. The van der Waals surface area contributed by atoms with Crippen LogP contribution in [0.2, 0.25) is 15.3 Å². The number of nitro groups is 1. The van der Waals surface area contributed by atoms with Crippen molar-refractivity contribution in [2.45, 2.75) is 6.92 Å². The monoisotopic (exact) mass is 333 g/mol.